The van der Waals surface area contributed by atoms with E-state index in [0.717, 1.165) is 16.7 Å². The number of nitrogens with one attached hydrogen (secondary N) is 2. The van der Waals surface area contributed by atoms with Gasteiger partial charge in [-0.2, -0.15) is 15.2 Å². The zero-order valence-corrected chi connectivity index (χ0v) is 18.1. The maximum atomic E-state index is 12.6. The zero-order valence-electron chi connectivity index (χ0n) is 16.6. The first kappa shape index (κ1) is 22.2. The van der Waals surface area contributed by atoms with Gasteiger partial charge in [0, 0.05) is 15.6 Å². The zero-order chi connectivity index (χ0) is 22.1. The van der Waals surface area contributed by atoms with Crippen LogP contribution in [0.15, 0.2) is 88.0 Å². The van der Waals surface area contributed by atoms with Gasteiger partial charge in [-0.05, 0) is 53.9 Å². The van der Waals surface area contributed by atoms with Gasteiger partial charge in [-0.15, -0.1) is 0 Å². The average Bonchev–Trinajstić information content (AvgIpc) is 2.76. The monoisotopic (exact) mass is 451 g/mol. The van der Waals surface area contributed by atoms with Crippen molar-refractivity contribution in [3.8, 4) is 0 Å². The van der Waals surface area contributed by atoms with Crippen molar-refractivity contribution in [2.75, 3.05) is 0 Å². The Morgan fingerprint density at radius 2 is 1.26 bits per heavy atom. The Hall–Kier alpha value is -3.48. The molecule has 0 saturated heterocycles. The van der Waals surface area contributed by atoms with Crippen molar-refractivity contribution >= 4 is 47.5 Å². The molecule has 0 aliphatic rings. The molecule has 8 heteroatoms. The van der Waals surface area contributed by atoms with Gasteiger partial charge in [0.15, 0.2) is 0 Å². The van der Waals surface area contributed by atoms with E-state index < -0.39 is 5.91 Å². The summed E-state index contributed by atoms with van der Waals surface area (Å²) in [6, 6.07) is 21.5. The third-order valence-electron chi connectivity index (χ3n) is 4.10. The summed E-state index contributed by atoms with van der Waals surface area (Å²) in [5, 5.41) is 9.51. The maximum Gasteiger partial charge on any atom is 0.280 e. The number of carbonyl (C=O) groups is 1. The van der Waals surface area contributed by atoms with Crippen LogP contribution in [0, 0.1) is 6.92 Å². The molecule has 0 atom stereocenters. The predicted molar refractivity (Wildman–Crippen MR) is 127 cm³/mol. The normalized spacial score (nSPS) is 10.9. The molecule has 2 N–H and O–H groups in total. The van der Waals surface area contributed by atoms with Crippen molar-refractivity contribution in [3.63, 3.8) is 0 Å². The van der Waals surface area contributed by atoms with E-state index in [9.17, 15) is 4.79 Å². The average molecular weight is 452 g/mol. The molecule has 0 aliphatic heterocycles. The van der Waals surface area contributed by atoms with Gasteiger partial charge in [-0.3, -0.25) is 4.79 Å². The van der Waals surface area contributed by atoms with E-state index in [1.54, 1.807) is 48.8 Å². The topological polar surface area (TPSA) is 78.2 Å². The second-order valence-electron chi connectivity index (χ2n) is 6.42. The fraction of sp³-hybridized carbons (Fsp3) is 0.0435. The molecular formula is C23H19Cl2N5O. The number of benzene rings is 3. The maximum absolute atomic E-state index is 12.6. The first-order chi connectivity index (χ1) is 15.0. The van der Waals surface area contributed by atoms with Crippen LogP contribution in [0.2, 0.25) is 10.0 Å². The molecule has 6 nitrogen and oxygen atoms in total. The Labute approximate surface area is 190 Å². The van der Waals surface area contributed by atoms with Gasteiger partial charge in [-0.25, -0.2) is 10.9 Å². The fourth-order valence-electron chi connectivity index (χ4n) is 2.48. The van der Waals surface area contributed by atoms with Crippen molar-refractivity contribution in [3.05, 3.63) is 105 Å². The van der Waals surface area contributed by atoms with E-state index in [1.807, 2.05) is 43.3 Å². The van der Waals surface area contributed by atoms with Gasteiger partial charge >= 0.3 is 0 Å². The van der Waals surface area contributed by atoms with E-state index in [-0.39, 0.29) is 5.96 Å². The highest BCUT2D eigenvalue weighted by Crippen LogP contribution is 2.10. The molecule has 0 saturated carbocycles. The molecular weight excluding hydrogens is 433 g/mol. The lowest BCUT2D eigenvalue weighted by Crippen LogP contribution is -2.32. The smallest absolute Gasteiger partial charge is 0.267 e. The Morgan fingerprint density at radius 3 is 1.74 bits per heavy atom. The Kier molecular flexibility index (Phi) is 7.92. The van der Waals surface area contributed by atoms with E-state index in [2.05, 4.69) is 26.0 Å². The third kappa shape index (κ3) is 7.06. The molecule has 0 heterocycles. The van der Waals surface area contributed by atoms with E-state index in [4.69, 9.17) is 23.2 Å². The van der Waals surface area contributed by atoms with Crippen LogP contribution in [-0.4, -0.2) is 24.3 Å². The second-order valence-corrected chi connectivity index (χ2v) is 7.30. The van der Waals surface area contributed by atoms with E-state index in [0.29, 0.717) is 15.6 Å². The number of amides is 1. The quantitative estimate of drug-likeness (QED) is 0.323. The van der Waals surface area contributed by atoms with Crippen molar-refractivity contribution in [1.82, 2.24) is 10.9 Å². The van der Waals surface area contributed by atoms with Crippen LogP contribution in [0.25, 0.3) is 0 Å². The van der Waals surface area contributed by atoms with Gasteiger partial charge in [0.05, 0.1) is 12.4 Å². The predicted octanol–water partition coefficient (Wildman–Crippen LogP) is 5.05. The van der Waals surface area contributed by atoms with E-state index in [1.165, 1.54) is 0 Å². The van der Waals surface area contributed by atoms with Crippen molar-refractivity contribution in [1.29, 1.82) is 0 Å². The van der Waals surface area contributed by atoms with Gasteiger partial charge < -0.3 is 0 Å². The molecule has 0 bridgehead atoms. The first-order valence-corrected chi connectivity index (χ1v) is 10.0. The number of carbonyl (C=O) groups excluding carboxylic acids is 1. The Bertz CT molecular complexity index is 1060. The van der Waals surface area contributed by atoms with Crippen LogP contribution >= 0.6 is 23.2 Å². The summed E-state index contributed by atoms with van der Waals surface area (Å²) in [4.78, 5) is 16.7. The summed E-state index contributed by atoms with van der Waals surface area (Å²) in [6.45, 7) is 1.85. The van der Waals surface area contributed by atoms with Crippen LogP contribution < -0.4 is 10.9 Å². The first-order valence-electron chi connectivity index (χ1n) is 9.29. The molecule has 3 aromatic rings. The molecule has 0 unspecified atom stereocenters. The van der Waals surface area contributed by atoms with Crippen LogP contribution in [0.5, 0.6) is 0 Å². The molecule has 1 amide bonds. The minimum atomic E-state index is -0.420. The Morgan fingerprint density at radius 1 is 0.774 bits per heavy atom. The highest BCUT2D eigenvalue weighted by atomic mass is 35.5. The van der Waals surface area contributed by atoms with E-state index >= 15 is 0 Å². The highest BCUT2D eigenvalue weighted by Gasteiger charge is 2.09. The molecule has 3 rings (SSSR count). The third-order valence-corrected chi connectivity index (χ3v) is 4.60. The lowest BCUT2D eigenvalue weighted by atomic mass is 10.1. The second kappa shape index (κ2) is 11.1. The molecule has 156 valence electrons. The molecule has 0 aliphatic carbocycles. The summed E-state index contributed by atoms with van der Waals surface area (Å²) in [5.74, 6) is -0.347. The summed E-state index contributed by atoms with van der Waals surface area (Å²) < 4.78 is 0. The number of rotatable bonds is 5. The van der Waals surface area contributed by atoms with Crippen molar-refractivity contribution in [2.45, 2.75) is 6.92 Å². The van der Waals surface area contributed by atoms with Gasteiger partial charge in [-0.1, -0.05) is 65.7 Å². The van der Waals surface area contributed by atoms with Crippen molar-refractivity contribution < 1.29 is 4.79 Å². The summed E-state index contributed by atoms with van der Waals surface area (Å²) in [5.41, 5.74) is 8.40. The Balaban J connectivity index is 1.76. The molecule has 31 heavy (non-hydrogen) atoms. The SMILES string of the molecule is Cc1ccccc1C(=O)N=C(N/N=C/c1ccc(Cl)cc1)N/N=C/c1ccc(Cl)cc1. The number of guanidine groups is 1. The number of hydrazone groups is 2. The molecule has 3 aromatic carbocycles. The van der Waals surface area contributed by atoms with Gasteiger partial charge in [0.2, 0.25) is 5.96 Å². The molecule has 0 radical (unpaired) electrons. The highest BCUT2D eigenvalue weighted by molar-refractivity contribution is 6.30. The summed E-state index contributed by atoms with van der Waals surface area (Å²) in [7, 11) is 0. The molecule has 0 spiro atoms. The standard InChI is InChI=1S/C23H19Cl2N5O/c1-16-4-2-3-5-21(16)22(31)28-23(29-26-14-17-6-10-19(24)11-7-17)30-27-15-18-8-12-20(25)13-9-18/h2-15H,1H3,(H2,28,29,30,31)/b26-14+,27-15+. The van der Waals surface area contributed by atoms with Gasteiger partial charge in [0.25, 0.3) is 5.91 Å². The van der Waals surface area contributed by atoms with Crippen LogP contribution in [0.3, 0.4) is 0 Å². The molecule has 0 aromatic heterocycles. The minimum Gasteiger partial charge on any atom is -0.267 e. The largest absolute Gasteiger partial charge is 0.280 e. The fourth-order valence-corrected chi connectivity index (χ4v) is 2.74. The van der Waals surface area contributed by atoms with Crippen LogP contribution in [0.4, 0.5) is 0 Å². The number of nitrogens with zero attached hydrogens (tertiary/aromatic N) is 3. The lowest BCUT2D eigenvalue weighted by Gasteiger charge is -2.06. The molecule has 0 fully saturated rings. The summed E-state index contributed by atoms with van der Waals surface area (Å²) in [6.07, 6.45) is 3.16. The number of halogens is 2. The van der Waals surface area contributed by atoms with Crippen LogP contribution in [0.1, 0.15) is 27.0 Å². The number of aryl methyl sites for hydroxylation is 1. The van der Waals surface area contributed by atoms with Crippen molar-refractivity contribution in [2.24, 2.45) is 15.2 Å². The summed E-state index contributed by atoms with van der Waals surface area (Å²) >= 11 is 11.8. The van der Waals surface area contributed by atoms with Gasteiger partial charge in [0.1, 0.15) is 0 Å². The minimum absolute atomic E-state index is 0.0729. The number of aliphatic imine (C=N–C) groups is 1. The number of hydrogen-bond acceptors (Lipinski definition) is 3. The number of hydrogen-bond donors (Lipinski definition) is 2. The lowest BCUT2D eigenvalue weighted by molar-refractivity contribution is 0.100. The van der Waals surface area contributed by atoms with Crippen LogP contribution in [-0.2, 0) is 0 Å².